The smallest absolute Gasteiger partial charge is 0.223 e. The number of nitrogens with one attached hydrogen (secondary N) is 2. The van der Waals surface area contributed by atoms with Gasteiger partial charge in [-0.15, -0.1) is 0 Å². The minimum atomic E-state index is 0.267. The Morgan fingerprint density at radius 2 is 1.90 bits per heavy atom. The summed E-state index contributed by atoms with van der Waals surface area (Å²) < 4.78 is 1.06. The molecule has 4 N–H and O–H groups in total. The van der Waals surface area contributed by atoms with E-state index in [0.717, 1.165) is 29.1 Å². The van der Waals surface area contributed by atoms with E-state index in [1.165, 1.54) is 5.56 Å². The van der Waals surface area contributed by atoms with Crippen LogP contribution >= 0.6 is 15.9 Å². The minimum absolute atomic E-state index is 0.267. The molecule has 0 amide bonds. The third-order valence-electron chi connectivity index (χ3n) is 2.66. The molecule has 0 fully saturated rings. The summed E-state index contributed by atoms with van der Waals surface area (Å²) in [5.41, 5.74) is 6.88. The summed E-state index contributed by atoms with van der Waals surface area (Å²) in [6, 6.07) is 9.99. The number of nitrogen functional groups attached to an aromatic ring is 1. The molecular weight excluding hydrogens is 318 g/mol. The quantitative estimate of drug-likeness (QED) is 0.755. The Balaban J connectivity index is 2.03. The first-order valence-electron chi connectivity index (χ1n) is 6.54. The second-order valence-corrected chi connectivity index (χ2v) is 5.32. The lowest BCUT2D eigenvalue weighted by atomic mass is 10.2. The predicted octanol–water partition coefficient (Wildman–Crippen LogP) is 3.26. The number of nitrogens with two attached hydrogens (primary N) is 1. The molecule has 0 saturated heterocycles. The van der Waals surface area contributed by atoms with Crippen LogP contribution in [0.2, 0.25) is 0 Å². The van der Waals surface area contributed by atoms with E-state index in [4.69, 9.17) is 5.73 Å². The van der Waals surface area contributed by atoms with Gasteiger partial charge in [0.25, 0.3) is 0 Å². The summed E-state index contributed by atoms with van der Waals surface area (Å²) in [5.74, 6) is 1.73. The standard InChI is InChI=1S/C14H18BrN5/c1-2-6-17-12-8-13(20-14(16)19-12)18-9-10-4-3-5-11(15)7-10/h3-5,7-8H,2,6,9H2,1H3,(H4,16,17,18,19,20). The van der Waals surface area contributed by atoms with Gasteiger partial charge in [-0.1, -0.05) is 35.0 Å². The number of halogens is 1. The first-order valence-corrected chi connectivity index (χ1v) is 7.33. The fraction of sp³-hybridized carbons (Fsp3) is 0.286. The number of hydrogen-bond donors (Lipinski definition) is 3. The average molecular weight is 336 g/mol. The number of benzene rings is 1. The zero-order chi connectivity index (χ0) is 14.4. The van der Waals surface area contributed by atoms with Crippen molar-refractivity contribution >= 4 is 33.5 Å². The molecule has 0 unspecified atom stereocenters. The third-order valence-corrected chi connectivity index (χ3v) is 3.16. The van der Waals surface area contributed by atoms with Gasteiger partial charge in [-0.25, -0.2) is 0 Å². The minimum Gasteiger partial charge on any atom is -0.370 e. The second kappa shape index (κ2) is 7.09. The third kappa shape index (κ3) is 4.38. The van der Waals surface area contributed by atoms with Crippen LogP contribution in [0.1, 0.15) is 18.9 Å². The van der Waals surface area contributed by atoms with E-state index < -0.39 is 0 Å². The molecule has 106 valence electrons. The first-order chi connectivity index (χ1) is 9.67. The first kappa shape index (κ1) is 14.6. The fourth-order valence-corrected chi connectivity index (χ4v) is 2.19. The SMILES string of the molecule is CCCNc1cc(NCc2cccc(Br)c2)nc(N)n1. The van der Waals surface area contributed by atoms with Gasteiger partial charge in [-0.3, -0.25) is 0 Å². The Kier molecular flexibility index (Phi) is 5.17. The molecule has 0 aliphatic carbocycles. The molecule has 0 aliphatic rings. The molecule has 1 heterocycles. The molecule has 2 aromatic rings. The maximum absolute atomic E-state index is 5.71. The van der Waals surface area contributed by atoms with Crippen LogP contribution in [0.15, 0.2) is 34.8 Å². The number of aromatic nitrogens is 2. The zero-order valence-electron chi connectivity index (χ0n) is 11.4. The van der Waals surface area contributed by atoms with Crippen LogP contribution in [-0.2, 0) is 6.54 Å². The predicted molar refractivity (Wildman–Crippen MR) is 86.7 cm³/mol. The van der Waals surface area contributed by atoms with Crippen LogP contribution in [0.4, 0.5) is 17.6 Å². The van der Waals surface area contributed by atoms with Crippen LogP contribution in [-0.4, -0.2) is 16.5 Å². The van der Waals surface area contributed by atoms with Crippen LogP contribution in [0.5, 0.6) is 0 Å². The van der Waals surface area contributed by atoms with Crippen molar-refractivity contribution in [2.75, 3.05) is 22.9 Å². The van der Waals surface area contributed by atoms with Crippen molar-refractivity contribution in [3.8, 4) is 0 Å². The largest absolute Gasteiger partial charge is 0.370 e. The molecule has 0 saturated carbocycles. The van der Waals surface area contributed by atoms with Gasteiger partial charge in [-0.2, -0.15) is 9.97 Å². The number of anilines is 3. The Labute approximate surface area is 127 Å². The highest BCUT2D eigenvalue weighted by Gasteiger charge is 2.02. The van der Waals surface area contributed by atoms with Gasteiger partial charge in [0.2, 0.25) is 5.95 Å². The lowest BCUT2D eigenvalue weighted by molar-refractivity contribution is 0.965. The zero-order valence-corrected chi connectivity index (χ0v) is 12.9. The Hall–Kier alpha value is -1.82. The van der Waals surface area contributed by atoms with E-state index in [1.54, 1.807) is 0 Å². The van der Waals surface area contributed by atoms with Gasteiger partial charge in [-0.05, 0) is 24.1 Å². The van der Waals surface area contributed by atoms with Gasteiger partial charge in [0.05, 0.1) is 0 Å². The fourth-order valence-electron chi connectivity index (χ4n) is 1.74. The van der Waals surface area contributed by atoms with Crippen molar-refractivity contribution < 1.29 is 0 Å². The Morgan fingerprint density at radius 1 is 1.15 bits per heavy atom. The second-order valence-electron chi connectivity index (χ2n) is 4.41. The van der Waals surface area contributed by atoms with E-state index in [0.29, 0.717) is 6.54 Å². The van der Waals surface area contributed by atoms with Crippen molar-refractivity contribution in [1.29, 1.82) is 0 Å². The highest BCUT2D eigenvalue weighted by molar-refractivity contribution is 9.10. The summed E-state index contributed by atoms with van der Waals surface area (Å²) in [6.07, 6.45) is 1.03. The maximum atomic E-state index is 5.71. The lowest BCUT2D eigenvalue weighted by Crippen LogP contribution is -2.08. The molecule has 5 nitrogen and oxygen atoms in total. The van der Waals surface area contributed by atoms with Crippen molar-refractivity contribution in [1.82, 2.24) is 9.97 Å². The van der Waals surface area contributed by atoms with E-state index >= 15 is 0 Å². The summed E-state index contributed by atoms with van der Waals surface area (Å²) in [5, 5.41) is 6.46. The lowest BCUT2D eigenvalue weighted by Gasteiger charge is -2.09. The summed E-state index contributed by atoms with van der Waals surface area (Å²) in [7, 11) is 0. The number of nitrogens with zero attached hydrogens (tertiary/aromatic N) is 2. The molecular formula is C14H18BrN5. The van der Waals surface area contributed by atoms with Gasteiger partial charge in [0, 0.05) is 23.6 Å². The van der Waals surface area contributed by atoms with Gasteiger partial charge in [0.1, 0.15) is 11.6 Å². The average Bonchev–Trinajstić information content (AvgIpc) is 2.42. The molecule has 0 aliphatic heterocycles. The molecule has 6 heteroatoms. The van der Waals surface area contributed by atoms with Crippen molar-refractivity contribution in [2.24, 2.45) is 0 Å². The van der Waals surface area contributed by atoms with Crippen molar-refractivity contribution in [2.45, 2.75) is 19.9 Å². The maximum Gasteiger partial charge on any atom is 0.223 e. The monoisotopic (exact) mass is 335 g/mol. The summed E-state index contributed by atoms with van der Waals surface area (Å²) in [6.45, 7) is 3.65. The normalized spacial score (nSPS) is 10.3. The number of rotatable bonds is 6. The van der Waals surface area contributed by atoms with E-state index in [9.17, 15) is 0 Å². The summed E-state index contributed by atoms with van der Waals surface area (Å²) in [4.78, 5) is 8.33. The van der Waals surface area contributed by atoms with Crippen LogP contribution < -0.4 is 16.4 Å². The van der Waals surface area contributed by atoms with Crippen LogP contribution in [0.25, 0.3) is 0 Å². The molecule has 0 atom stereocenters. The highest BCUT2D eigenvalue weighted by atomic mass is 79.9. The van der Waals surface area contributed by atoms with E-state index in [-0.39, 0.29) is 5.95 Å². The summed E-state index contributed by atoms with van der Waals surface area (Å²) >= 11 is 3.46. The molecule has 0 bridgehead atoms. The molecule has 20 heavy (non-hydrogen) atoms. The molecule has 1 aromatic heterocycles. The van der Waals surface area contributed by atoms with E-state index in [2.05, 4.69) is 55.6 Å². The van der Waals surface area contributed by atoms with Crippen molar-refractivity contribution in [3.63, 3.8) is 0 Å². The molecule has 2 rings (SSSR count). The number of hydrogen-bond acceptors (Lipinski definition) is 5. The van der Waals surface area contributed by atoms with Gasteiger partial charge < -0.3 is 16.4 Å². The van der Waals surface area contributed by atoms with Crippen LogP contribution in [0.3, 0.4) is 0 Å². The van der Waals surface area contributed by atoms with Crippen molar-refractivity contribution in [3.05, 3.63) is 40.4 Å². The topological polar surface area (TPSA) is 75.9 Å². The highest BCUT2D eigenvalue weighted by Crippen LogP contribution is 2.15. The molecule has 0 spiro atoms. The molecule has 1 aromatic carbocycles. The Morgan fingerprint density at radius 3 is 2.60 bits per heavy atom. The van der Waals surface area contributed by atoms with Gasteiger partial charge in [0.15, 0.2) is 0 Å². The Bertz CT molecular complexity index is 573. The van der Waals surface area contributed by atoms with Gasteiger partial charge >= 0.3 is 0 Å². The van der Waals surface area contributed by atoms with Crippen LogP contribution in [0, 0.1) is 0 Å². The molecule has 0 radical (unpaired) electrons. The van der Waals surface area contributed by atoms with E-state index in [1.807, 2.05) is 18.2 Å².